The van der Waals surface area contributed by atoms with Gasteiger partial charge in [-0.15, -0.1) is 0 Å². The van der Waals surface area contributed by atoms with E-state index in [1.54, 1.807) is 0 Å². The lowest BCUT2D eigenvalue weighted by Crippen LogP contribution is -2.43. The third-order valence-electron chi connectivity index (χ3n) is 5.91. The van der Waals surface area contributed by atoms with Crippen LogP contribution in [-0.4, -0.2) is 16.9 Å². The highest BCUT2D eigenvalue weighted by molar-refractivity contribution is 5.76. The summed E-state index contributed by atoms with van der Waals surface area (Å²) in [5, 5.41) is 0. The third kappa shape index (κ3) is 6.90. The Morgan fingerprint density at radius 2 is 1.18 bits per heavy atom. The highest BCUT2D eigenvalue weighted by Gasteiger charge is 2.28. The lowest BCUT2D eigenvalue weighted by molar-refractivity contribution is -0.152. The summed E-state index contributed by atoms with van der Waals surface area (Å²) in [5.74, 6) is -0.197. The number of nitrogens with zero attached hydrogens (tertiary/aromatic N) is 1. The monoisotopic (exact) mass is 449 g/mol. The lowest BCUT2D eigenvalue weighted by atomic mass is 10.0. The molecule has 0 aliphatic carbocycles. The Labute approximate surface area is 202 Å². The molecule has 0 aromatic heterocycles. The Balaban J connectivity index is 1.62. The Bertz CT molecular complexity index is 1120. The molecule has 4 aromatic rings. The van der Waals surface area contributed by atoms with E-state index in [0.29, 0.717) is 19.5 Å². The van der Waals surface area contributed by atoms with Crippen LogP contribution in [0.2, 0.25) is 0 Å². The fourth-order valence-corrected chi connectivity index (χ4v) is 4.16. The normalized spacial score (nSPS) is 11.8. The molecule has 0 spiro atoms. The van der Waals surface area contributed by atoms with Gasteiger partial charge in [-0.1, -0.05) is 121 Å². The molecule has 4 rings (SSSR count). The average Bonchev–Trinajstić information content (AvgIpc) is 2.87. The Kier molecular flexibility index (Phi) is 8.26. The number of carbonyl (C=O) groups is 1. The van der Waals surface area contributed by atoms with Crippen LogP contribution in [0.5, 0.6) is 0 Å². The van der Waals surface area contributed by atoms with Gasteiger partial charge in [0.15, 0.2) is 0 Å². The van der Waals surface area contributed by atoms with Gasteiger partial charge in [0.2, 0.25) is 0 Å². The van der Waals surface area contributed by atoms with Gasteiger partial charge in [-0.25, -0.2) is 0 Å². The van der Waals surface area contributed by atoms with E-state index in [2.05, 4.69) is 60.4 Å². The number of rotatable bonds is 10. The van der Waals surface area contributed by atoms with E-state index in [9.17, 15) is 4.79 Å². The van der Waals surface area contributed by atoms with E-state index in [-0.39, 0.29) is 12.6 Å². The summed E-state index contributed by atoms with van der Waals surface area (Å²) < 4.78 is 5.87. The van der Waals surface area contributed by atoms with Gasteiger partial charge in [-0.2, -0.15) is 0 Å². The van der Waals surface area contributed by atoms with Crippen molar-refractivity contribution in [2.75, 3.05) is 0 Å². The van der Waals surface area contributed by atoms with Crippen LogP contribution >= 0.6 is 0 Å². The van der Waals surface area contributed by atoms with Crippen LogP contribution in [0.15, 0.2) is 115 Å². The van der Waals surface area contributed by atoms with Gasteiger partial charge >= 0.3 is 5.97 Å². The highest BCUT2D eigenvalue weighted by atomic mass is 16.5. The van der Waals surface area contributed by atoms with Gasteiger partial charge in [0.1, 0.15) is 12.6 Å². The van der Waals surface area contributed by atoms with Gasteiger partial charge in [0, 0.05) is 13.1 Å². The van der Waals surface area contributed by atoms with Crippen LogP contribution in [0, 0.1) is 6.92 Å². The van der Waals surface area contributed by atoms with Crippen molar-refractivity contribution in [2.45, 2.75) is 39.1 Å². The first-order valence-electron chi connectivity index (χ1n) is 11.8. The van der Waals surface area contributed by atoms with E-state index in [0.717, 1.165) is 11.1 Å². The molecule has 0 saturated carbocycles. The van der Waals surface area contributed by atoms with Crippen molar-refractivity contribution in [2.24, 2.45) is 0 Å². The predicted octanol–water partition coefficient (Wildman–Crippen LogP) is 6.35. The number of ether oxygens (including phenoxy) is 1. The topological polar surface area (TPSA) is 29.5 Å². The van der Waals surface area contributed by atoms with Gasteiger partial charge in [0.05, 0.1) is 0 Å². The molecule has 0 fully saturated rings. The number of hydrogen-bond acceptors (Lipinski definition) is 3. The van der Waals surface area contributed by atoms with E-state index in [4.69, 9.17) is 4.74 Å². The van der Waals surface area contributed by atoms with Gasteiger partial charge in [0.25, 0.3) is 0 Å². The molecule has 4 aromatic carbocycles. The molecule has 0 N–H and O–H groups in total. The van der Waals surface area contributed by atoms with Crippen molar-refractivity contribution in [1.29, 1.82) is 0 Å². The second-order valence-electron chi connectivity index (χ2n) is 8.68. The van der Waals surface area contributed by atoms with Crippen molar-refractivity contribution >= 4 is 5.97 Å². The smallest absolute Gasteiger partial charge is 0.324 e. The molecule has 0 radical (unpaired) electrons. The van der Waals surface area contributed by atoms with Crippen molar-refractivity contribution in [3.05, 3.63) is 143 Å². The molecule has 0 amide bonds. The maximum Gasteiger partial charge on any atom is 0.324 e. The van der Waals surface area contributed by atoms with Crippen LogP contribution in [0.25, 0.3) is 0 Å². The molecular weight excluding hydrogens is 418 g/mol. The zero-order valence-corrected chi connectivity index (χ0v) is 19.6. The van der Waals surface area contributed by atoms with Crippen molar-refractivity contribution in [3.63, 3.8) is 0 Å². The Morgan fingerprint density at radius 1 is 0.676 bits per heavy atom. The van der Waals surface area contributed by atoms with E-state index in [1.807, 2.05) is 66.7 Å². The summed E-state index contributed by atoms with van der Waals surface area (Å²) in [5.41, 5.74) is 5.65. The number of hydrogen-bond donors (Lipinski definition) is 0. The largest absolute Gasteiger partial charge is 0.460 e. The zero-order valence-electron chi connectivity index (χ0n) is 19.6. The molecule has 1 unspecified atom stereocenters. The van der Waals surface area contributed by atoms with Gasteiger partial charge in [-0.3, -0.25) is 9.69 Å². The quantitative estimate of drug-likeness (QED) is 0.264. The number of aryl methyl sites for hydroxylation is 1. The van der Waals surface area contributed by atoms with Crippen molar-refractivity contribution in [3.8, 4) is 0 Å². The second kappa shape index (κ2) is 12.0. The summed E-state index contributed by atoms with van der Waals surface area (Å²) in [6, 6.07) is 38.4. The fourth-order valence-electron chi connectivity index (χ4n) is 4.16. The molecule has 172 valence electrons. The van der Waals surface area contributed by atoms with Crippen LogP contribution in [0.1, 0.15) is 27.8 Å². The standard InChI is InChI=1S/C31H31NO2/c1-25-12-11-19-29(20-25)21-30(31(33)34-24-28-17-9-4-10-18-28)32(22-26-13-5-2-6-14-26)23-27-15-7-3-8-16-27/h2-20,30H,21-24H2,1H3. The molecule has 0 aliphatic rings. The van der Waals surface area contributed by atoms with Crippen LogP contribution < -0.4 is 0 Å². The minimum Gasteiger partial charge on any atom is -0.460 e. The average molecular weight is 450 g/mol. The molecule has 0 saturated heterocycles. The number of benzene rings is 4. The van der Waals surface area contributed by atoms with Crippen molar-refractivity contribution in [1.82, 2.24) is 4.90 Å². The maximum absolute atomic E-state index is 13.6. The SMILES string of the molecule is Cc1cccc(CC(C(=O)OCc2ccccc2)N(Cc2ccccc2)Cc2ccccc2)c1. The van der Waals surface area contributed by atoms with Crippen LogP contribution in [-0.2, 0) is 35.6 Å². The number of carbonyl (C=O) groups excluding carboxylic acids is 1. The molecular formula is C31H31NO2. The van der Waals surface area contributed by atoms with E-state index < -0.39 is 6.04 Å². The molecule has 1 atom stereocenters. The molecule has 34 heavy (non-hydrogen) atoms. The fraction of sp³-hybridized carbons (Fsp3) is 0.194. The first-order valence-corrected chi connectivity index (χ1v) is 11.8. The minimum atomic E-state index is -0.411. The molecule has 0 aliphatic heterocycles. The second-order valence-corrected chi connectivity index (χ2v) is 8.68. The number of esters is 1. The van der Waals surface area contributed by atoms with E-state index in [1.165, 1.54) is 16.7 Å². The highest BCUT2D eigenvalue weighted by Crippen LogP contribution is 2.19. The summed E-state index contributed by atoms with van der Waals surface area (Å²) in [6.07, 6.45) is 0.592. The summed E-state index contributed by atoms with van der Waals surface area (Å²) in [7, 11) is 0. The maximum atomic E-state index is 13.6. The minimum absolute atomic E-state index is 0.197. The summed E-state index contributed by atoms with van der Waals surface area (Å²) in [6.45, 7) is 3.67. The zero-order chi connectivity index (χ0) is 23.6. The lowest BCUT2D eigenvalue weighted by Gasteiger charge is -2.31. The Hall–Kier alpha value is -3.69. The van der Waals surface area contributed by atoms with Gasteiger partial charge < -0.3 is 4.74 Å². The van der Waals surface area contributed by atoms with Crippen molar-refractivity contribution < 1.29 is 9.53 Å². The molecule has 3 heteroatoms. The first-order chi connectivity index (χ1) is 16.7. The molecule has 3 nitrogen and oxygen atoms in total. The van der Waals surface area contributed by atoms with Crippen LogP contribution in [0.3, 0.4) is 0 Å². The predicted molar refractivity (Wildman–Crippen MR) is 137 cm³/mol. The molecule has 0 bridgehead atoms. The molecule has 0 heterocycles. The van der Waals surface area contributed by atoms with E-state index >= 15 is 0 Å². The van der Waals surface area contributed by atoms with Crippen LogP contribution in [0.4, 0.5) is 0 Å². The first kappa shape index (κ1) is 23.5. The summed E-state index contributed by atoms with van der Waals surface area (Å²) >= 11 is 0. The summed E-state index contributed by atoms with van der Waals surface area (Å²) in [4.78, 5) is 15.8. The Morgan fingerprint density at radius 3 is 1.71 bits per heavy atom. The van der Waals surface area contributed by atoms with Gasteiger partial charge in [-0.05, 0) is 35.6 Å². The third-order valence-corrected chi connectivity index (χ3v) is 5.91.